The molecule has 1 aliphatic heterocycles. The molecule has 4 aromatic carbocycles. The van der Waals surface area contributed by atoms with Crippen molar-refractivity contribution in [3.63, 3.8) is 0 Å². The molecule has 0 N–H and O–H groups in total. The number of aromatic nitrogens is 2. The molecule has 2 heterocycles. The number of rotatable bonds is 7. The zero-order valence-corrected chi connectivity index (χ0v) is 24.5. The standard InChI is InChI=1S/C36H34N4O3/c1-25-8-12-28(13-9-25)34-35(29-14-10-26(2)11-15-29)38-32-22-30(16-17-31(32)37-34)36(42)43-24-33(41)40-20-18-39(19-21-40)23-27-6-4-3-5-7-27/h3-17,22H,18-21,23-24H2,1-2H3. The van der Waals surface area contributed by atoms with Crippen molar-refractivity contribution in [1.29, 1.82) is 0 Å². The van der Waals surface area contributed by atoms with Crippen molar-refractivity contribution in [3.05, 3.63) is 119 Å². The van der Waals surface area contributed by atoms with Gasteiger partial charge in [-0.3, -0.25) is 9.69 Å². The molecule has 6 rings (SSSR count). The van der Waals surface area contributed by atoms with Crippen molar-refractivity contribution >= 4 is 22.9 Å². The van der Waals surface area contributed by atoms with Gasteiger partial charge in [-0.1, -0.05) is 90.0 Å². The number of benzene rings is 4. The van der Waals surface area contributed by atoms with Gasteiger partial charge in [0.2, 0.25) is 0 Å². The van der Waals surface area contributed by atoms with Crippen molar-refractivity contribution in [2.75, 3.05) is 32.8 Å². The van der Waals surface area contributed by atoms with Gasteiger partial charge < -0.3 is 9.64 Å². The van der Waals surface area contributed by atoms with Gasteiger partial charge in [-0.25, -0.2) is 14.8 Å². The van der Waals surface area contributed by atoms with Crippen LogP contribution in [0.4, 0.5) is 0 Å². The second-order valence-electron chi connectivity index (χ2n) is 11.1. The maximum absolute atomic E-state index is 13.0. The Balaban J connectivity index is 1.15. The Labute approximate surface area is 251 Å². The molecule has 1 amide bonds. The lowest BCUT2D eigenvalue weighted by atomic mass is 10.0. The Kier molecular flexibility index (Phi) is 8.24. The molecule has 7 nitrogen and oxygen atoms in total. The predicted octanol–water partition coefficient (Wildman–Crippen LogP) is 6.08. The second-order valence-corrected chi connectivity index (χ2v) is 11.1. The monoisotopic (exact) mass is 570 g/mol. The number of nitrogens with zero attached hydrogens (tertiary/aromatic N) is 4. The summed E-state index contributed by atoms with van der Waals surface area (Å²) in [6.45, 7) is 7.46. The van der Waals surface area contributed by atoms with Crippen molar-refractivity contribution < 1.29 is 14.3 Å². The van der Waals surface area contributed by atoms with Crippen LogP contribution in [-0.2, 0) is 16.1 Å². The first kappa shape index (κ1) is 28.2. The zero-order chi connectivity index (χ0) is 29.8. The number of hydrogen-bond donors (Lipinski definition) is 0. The molecule has 1 aromatic heterocycles. The summed E-state index contributed by atoms with van der Waals surface area (Å²) in [5, 5.41) is 0. The fourth-order valence-electron chi connectivity index (χ4n) is 5.31. The van der Waals surface area contributed by atoms with Crippen LogP contribution in [0.3, 0.4) is 0 Å². The van der Waals surface area contributed by atoms with Crippen molar-refractivity contribution in [2.24, 2.45) is 0 Å². The van der Waals surface area contributed by atoms with E-state index in [9.17, 15) is 9.59 Å². The van der Waals surface area contributed by atoms with E-state index in [0.717, 1.165) is 47.7 Å². The molecule has 43 heavy (non-hydrogen) atoms. The van der Waals surface area contributed by atoms with Gasteiger partial charge in [0.15, 0.2) is 6.61 Å². The second kappa shape index (κ2) is 12.5. The van der Waals surface area contributed by atoms with E-state index >= 15 is 0 Å². The Morgan fingerprint density at radius 2 is 1.28 bits per heavy atom. The van der Waals surface area contributed by atoms with E-state index in [1.54, 1.807) is 23.1 Å². The minimum absolute atomic E-state index is 0.183. The highest BCUT2D eigenvalue weighted by atomic mass is 16.5. The predicted molar refractivity (Wildman–Crippen MR) is 168 cm³/mol. The Morgan fingerprint density at radius 1 is 0.698 bits per heavy atom. The highest BCUT2D eigenvalue weighted by molar-refractivity contribution is 5.96. The van der Waals surface area contributed by atoms with Crippen LogP contribution in [0, 0.1) is 13.8 Å². The molecule has 0 unspecified atom stereocenters. The molecule has 7 heteroatoms. The molecule has 1 fully saturated rings. The molecule has 0 saturated carbocycles. The number of ether oxygens (including phenoxy) is 1. The highest BCUT2D eigenvalue weighted by Crippen LogP contribution is 2.31. The molecule has 0 radical (unpaired) electrons. The van der Waals surface area contributed by atoms with Crippen LogP contribution in [0.25, 0.3) is 33.5 Å². The first-order valence-corrected chi connectivity index (χ1v) is 14.6. The maximum atomic E-state index is 13.0. The zero-order valence-electron chi connectivity index (χ0n) is 24.5. The van der Waals surface area contributed by atoms with Gasteiger partial charge in [0.1, 0.15) is 0 Å². The van der Waals surface area contributed by atoms with Gasteiger partial charge in [0, 0.05) is 43.9 Å². The average Bonchev–Trinajstić information content (AvgIpc) is 3.04. The molecule has 1 aliphatic rings. The number of carbonyl (C=O) groups is 2. The fourth-order valence-corrected chi connectivity index (χ4v) is 5.31. The highest BCUT2D eigenvalue weighted by Gasteiger charge is 2.23. The van der Waals surface area contributed by atoms with Crippen LogP contribution in [0.5, 0.6) is 0 Å². The van der Waals surface area contributed by atoms with Gasteiger partial charge in [-0.2, -0.15) is 0 Å². The lowest BCUT2D eigenvalue weighted by molar-refractivity contribution is -0.136. The molecular formula is C36H34N4O3. The van der Waals surface area contributed by atoms with Crippen LogP contribution in [0.2, 0.25) is 0 Å². The summed E-state index contributed by atoms with van der Waals surface area (Å²) in [5.41, 5.74) is 8.61. The number of piperazine rings is 1. The van der Waals surface area contributed by atoms with E-state index < -0.39 is 5.97 Å². The van der Waals surface area contributed by atoms with Crippen LogP contribution in [0.15, 0.2) is 97.1 Å². The van der Waals surface area contributed by atoms with E-state index in [1.165, 1.54) is 11.1 Å². The molecule has 0 atom stereocenters. The largest absolute Gasteiger partial charge is 0.452 e. The first-order chi connectivity index (χ1) is 20.9. The van der Waals surface area contributed by atoms with E-state index in [0.29, 0.717) is 29.7 Å². The lowest BCUT2D eigenvalue weighted by Crippen LogP contribution is -2.49. The van der Waals surface area contributed by atoms with E-state index in [1.807, 2.05) is 49.4 Å². The van der Waals surface area contributed by atoms with Gasteiger partial charge in [-0.05, 0) is 37.6 Å². The molecular weight excluding hydrogens is 536 g/mol. The molecule has 0 aliphatic carbocycles. The number of fused-ring (bicyclic) bond motifs is 1. The third kappa shape index (κ3) is 6.63. The van der Waals surface area contributed by atoms with E-state index in [4.69, 9.17) is 14.7 Å². The Morgan fingerprint density at radius 3 is 1.88 bits per heavy atom. The van der Waals surface area contributed by atoms with Crippen LogP contribution >= 0.6 is 0 Å². The van der Waals surface area contributed by atoms with E-state index in [-0.39, 0.29) is 12.5 Å². The molecule has 5 aromatic rings. The Hall–Kier alpha value is -4.88. The minimum atomic E-state index is -0.556. The maximum Gasteiger partial charge on any atom is 0.338 e. The summed E-state index contributed by atoms with van der Waals surface area (Å²) in [6, 6.07) is 31.9. The number of carbonyl (C=O) groups excluding carboxylic acids is 2. The van der Waals surface area contributed by atoms with Crippen LogP contribution < -0.4 is 0 Å². The number of aryl methyl sites for hydroxylation is 2. The summed E-state index contributed by atoms with van der Waals surface area (Å²) >= 11 is 0. The number of esters is 1. The van der Waals surface area contributed by atoms with Gasteiger partial charge >= 0.3 is 5.97 Å². The first-order valence-electron chi connectivity index (χ1n) is 14.6. The van der Waals surface area contributed by atoms with E-state index in [2.05, 4.69) is 48.2 Å². The normalized spacial score (nSPS) is 13.7. The molecule has 0 bridgehead atoms. The molecule has 1 saturated heterocycles. The topological polar surface area (TPSA) is 75.6 Å². The number of amides is 1. The van der Waals surface area contributed by atoms with Gasteiger partial charge in [0.05, 0.1) is 28.0 Å². The average molecular weight is 571 g/mol. The summed E-state index contributed by atoms with van der Waals surface area (Å²) in [4.78, 5) is 39.9. The smallest absolute Gasteiger partial charge is 0.338 e. The summed E-state index contributed by atoms with van der Waals surface area (Å²) < 4.78 is 5.45. The molecule has 0 spiro atoms. The van der Waals surface area contributed by atoms with Crippen molar-refractivity contribution in [2.45, 2.75) is 20.4 Å². The minimum Gasteiger partial charge on any atom is -0.452 e. The molecule has 216 valence electrons. The lowest BCUT2D eigenvalue weighted by Gasteiger charge is -2.34. The third-order valence-electron chi connectivity index (χ3n) is 7.85. The SMILES string of the molecule is Cc1ccc(-c2nc3ccc(C(=O)OCC(=O)N4CCN(Cc5ccccc5)CC4)cc3nc2-c2ccc(C)cc2)cc1. The fraction of sp³-hybridized carbons (Fsp3) is 0.222. The Bertz CT molecular complexity index is 1740. The summed E-state index contributed by atoms with van der Waals surface area (Å²) in [7, 11) is 0. The van der Waals surface area contributed by atoms with Crippen LogP contribution in [-0.4, -0.2) is 64.4 Å². The van der Waals surface area contributed by atoms with Crippen LogP contribution in [0.1, 0.15) is 27.0 Å². The summed E-state index contributed by atoms with van der Waals surface area (Å²) in [6.07, 6.45) is 0. The van der Waals surface area contributed by atoms with Gasteiger partial charge in [-0.15, -0.1) is 0 Å². The number of hydrogen-bond acceptors (Lipinski definition) is 6. The third-order valence-corrected chi connectivity index (χ3v) is 7.85. The van der Waals surface area contributed by atoms with Crippen molar-refractivity contribution in [1.82, 2.24) is 19.8 Å². The van der Waals surface area contributed by atoms with Gasteiger partial charge in [0.25, 0.3) is 5.91 Å². The van der Waals surface area contributed by atoms with Crippen molar-refractivity contribution in [3.8, 4) is 22.5 Å². The quantitative estimate of drug-likeness (QED) is 0.221. The summed E-state index contributed by atoms with van der Waals surface area (Å²) in [5.74, 6) is -0.739.